The smallest absolute Gasteiger partial charge is 0.406 e. The van der Waals surface area contributed by atoms with Crippen molar-refractivity contribution < 1.29 is 23.0 Å². The number of thiazole rings is 1. The maximum Gasteiger partial charge on any atom is 0.573 e. The van der Waals surface area contributed by atoms with E-state index in [-0.39, 0.29) is 23.8 Å². The van der Waals surface area contributed by atoms with Crippen molar-refractivity contribution in [3.05, 3.63) is 52.2 Å². The normalized spacial score (nSPS) is 18.1. The molecule has 2 aliphatic rings. The molecule has 5 rings (SSSR count). The number of fused-ring (bicyclic) bond motifs is 1. The third-order valence-electron chi connectivity index (χ3n) is 6.95. The number of benzene rings is 1. The van der Waals surface area contributed by atoms with E-state index in [1.54, 1.807) is 23.5 Å². The monoisotopic (exact) mass is 605 g/mol. The standard InChI is InChI=1S/C27H30F3N5O2S.2C2H6/c1-15-23(25-34-21-5-3-4-6-22(21)38-25)24(33-19-10-9-18(13-19)16(2)36)35-26(32-15)31-14-17-7-11-20(12-8-17)37-27(28,29)30;2*1-2/h3,5,7-8,11-12,16,18-19,36H,4,6,9-10,13-14H2,1-2H3,(H2,31,32,33,35);2*1-2H3. The maximum absolute atomic E-state index is 12.4. The highest BCUT2D eigenvalue weighted by Crippen LogP contribution is 2.39. The summed E-state index contributed by atoms with van der Waals surface area (Å²) in [6.07, 6.45) is 3.83. The molecule has 3 aromatic rings. The van der Waals surface area contributed by atoms with Crippen molar-refractivity contribution in [2.24, 2.45) is 5.92 Å². The van der Waals surface area contributed by atoms with Crippen LogP contribution in [-0.4, -0.2) is 38.6 Å². The Morgan fingerprint density at radius 3 is 2.40 bits per heavy atom. The zero-order valence-electron chi connectivity index (χ0n) is 25.2. The average molecular weight is 606 g/mol. The van der Waals surface area contributed by atoms with Gasteiger partial charge >= 0.3 is 6.36 Å². The molecule has 3 N–H and O–H groups in total. The number of aliphatic hydroxyl groups excluding tert-OH is 1. The topological polar surface area (TPSA) is 92.2 Å². The third-order valence-corrected chi connectivity index (χ3v) is 8.10. The molecule has 230 valence electrons. The Bertz CT molecular complexity index is 1310. The molecule has 3 atom stereocenters. The molecule has 42 heavy (non-hydrogen) atoms. The van der Waals surface area contributed by atoms with E-state index in [1.165, 1.54) is 17.0 Å². The van der Waals surface area contributed by atoms with Crippen molar-refractivity contribution in [3.8, 4) is 16.3 Å². The highest BCUT2D eigenvalue weighted by atomic mass is 32.1. The van der Waals surface area contributed by atoms with E-state index < -0.39 is 6.36 Å². The number of allylic oxidation sites excluding steroid dienone is 1. The lowest BCUT2D eigenvalue weighted by Crippen LogP contribution is -2.21. The molecule has 7 nitrogen and oxygen atoms in total. The van der Waals surface area contributed by atoms with Crippen LogP contribution in [0.1, 0.15) is 82.1 Å². The summed E-state index contributed by atoms with van der Waals surface area (Å²) in [6, 6.07) is 5.87. The zero-order valence-corrected chi connectivity index (χ0v) is 26.0. The van der Waals surface area contributed by atoms with Crippen LogP contribution < -0.4 is 15.4 Å². The molecule has 0 aliphatic heterocycles. The number of hydrogen-bond acceptors (Lipinski definition) is 8. The Labute approximate surface area is 250 Å². The summed E-state index contributed by atoms with van der Waals surface area (Å²) in [6.45, 7) is 12.1. The second kappa shape index (κ2) is 15.3. The lowest BCUT2D eigenvalue weighted by Gasteiger charge is -2.19. The van der Waals surface area contributed by atoms with Gasteiger partial charge in [-0.1, -0.05) is 45.9 Å². The zero-order chi connectivity index (χ0) is 30.9. The first-order valence-corrected chi connectivity index (χ1v) is 15.5. The van der Waals surface area contributed by atoms with Crippen LogP contribution in [0.2, 0.25) is 0 Å². The number of aryl methyl sites for hydroxylation is 2. The molecule has 0 saturated heterocycles. The average Bonchev–Trinajstić information content (AvgIpc) is 3.61. The van der Waals surface area contributed by atoms with Crippen LogP contribution in [0.5, 0.6) is 5.75 Å². The van der Waals surface area contributed by atoms with Crippen molar-refractivity contribution in [3.63, 3.8) is 0 Å². The minimum atomic E-state index is -4.72. The number of hydrogen-bond donors (Lipinski definition) is 3. The number of aromatic nitrogens is 3. The maximum atomic E-state index is 12.4. The van der Waals surface area contributed by atoms with Gasteiger partial charge in [0.15, 0.2) is 0 Å². The Morgan fingerprint density at radius 2 is 1.79 bits per heavy atom. The van der Waals surface area contributed by atoms with E-state index in [1.807, 2.05) is 41.5 Å². The van der Waals surface area contributed by atoms with Gasteiger partial charge in [0, 0.05) is 17.5 Å². The summed E-state index contributed by atoms with van der Waals surface area (Å²) in [7, 11) is 0. The molecule has 3 unspecified atom stereocenters. The molecular formula is C31H42F3N5O2S. The van der Waals surface area contributed by atoms with Crippen molar-refractivity contribution >= 4 is 29.2 Å². The fourth-order valence-corrected chi connectivity index (χ4v) is 6.13. The summed E-state index contributed by atoms with van der Waals surface area (Å²) in [5, 5.41) is 17.7. The quantitative estimate of drug-likeness (QED) is 0.237. The molecule has 1 saturated carbocycles. The second-order valence-corrected chi connectivity index (χ2v) is 10.9. The first kappa shape index (κ1) is 33.3. The third kappa shape index (κ3) is 8.91. The van der Waals surface area contributed by atoms with Crippen molar-refractivity contribution in [1.82, 2.24) is 15.0 Å². The number of halogens is 3. The Morgan fingerprint density at radius 1 is 1.07 bits per heavy atom. The highest BCUT2D eigenvalue weighted by Gasteiger charge is 2.31. The SMILES string of the molecule is CC.CC.Cc1nc(NCc2ccc(OC(F)(F)F)cc2)nc(NC2CCC(C(C)O)C2)c1-c1nc2c(s1)CCC=C2. The molecule has 2 aliphatic carbocycles. The number of aliphatic hydroxyl groups is 1. The summed E-state index contributed by atoms with van der Waals surface area (Å²) in [4.78, 5) is 15.6. The van der Waals surface area contributed by atoms with E-state index in [9.17, 15) is 18.3 Å². The molecule has 0 spiro atoms. The van der Waals surface area contributed by atoms with Gasteiger partial charge < -0.3 is 20.5 Å². The highest BCUT2D eigenvalue weighted by molar-refractivity contribution is 7.15. The van der Waals surface area contributed by atoms with Crippen LogP contribution in [0.15, 0.2) is 30.3 Å². The van der Waals surface area contributed by atoms with Crippen molar-refractivity contribution in [1.29, 1.82) is 0 Å². The number of rotatable bonds is 8. The molecule has 0 bridgehead atoms. The number of alkyl halides is 3. The number of nitrogens with one attached hydrogen (secondary N) is 2. The van der Waals surface area contributed by atoms with Gasteiger partial charge in [-0.3, -0.25) is 0 Å². The Kier molecular flexibility index (Phi) is 12.2. The number of anilines is 2. The molecule has 2 heterocycles. The first-order valence-electron chi connectivity index (χ1n) is 14.7. The van der Waals surface area contributed by atoms with Crippen LogP contribution >= 0.6 is 11.3 Å². The van der Waals surface area contributed by atoms with Crippen LogP contribution in [0.4, 0.5) is 24.9 Å². The van der Waals surface area contributed by atoms with Gasteiger partial charge in [0.1, 0.15) is 16.6 Å². The van der Waals surface area contributed by atoms with Gasteiger partial charge in [-0.25, -0.2) is 9.97 Å². The minimum Gasteiger partial charge on any atom is -0.406 e. The summed E-state index contributed by atoms with van der Waals surface area (Å²) in [5.74, 6) is 1.09. The van der Waals surface area contributed by atoms with Gasteiger partial charge in [-0.05, 0) is 75.6 Å². The van der Waals surface area contributed by atoms with Crippen LogP contribution in [0.25, 0.3) is 16.6 Å². The minimum absolute atomic E-state index is 0.172. The van der Waals surface area contributed by atoms with E-state index in [2.05, 4.69) is 32.5 Å². The summed E-state index contributed by atoms with van der Waals surface area (Å²) >= 11 is 1.67. The molecule has 0 amide bonds. The van der Waals surface area contributed by atoms with Gasteiger partial charge in [0.05, 0.1) is 23.1 Å². The number of ether oxygens (including phenoxy) is 1. The lowest BCUT2D eigenvalue weighted by atomic mass is 10.0. The van der Waals surface area contributed by atoms with Crippen molar-refractivity contribution in [2.45, 2.75) is 98.7 Å². The molecule has 1 fully saturated rings. The summed E-state index contributed by atoms with van der Waals surface area (Å²) < 4.78 is 41.3. The van der Waals surface area contributed by atoms with Crippen molar-refractivity contribution in [2.75, 3.05) is 10.6 Å². The first-order chi connectivity index (χ1) is 20.1. The van der Waals surface area contributed by atoms with Gasteiger partial charge in [-0.15, -0.1) is 24.5 Å². The fraction of sp³-hybridized carbons (Fsp3) is 0.516. The van der Waals surface area contributed by atoms with Crippen LogP contribution in [0.3, 0.4) is 0 Å². The summed E-state index contributed by atoms with van der Waals surface area (Å²) in [5.41, 5.74) is 3.41. The Hall–Kier alpha value is -3.18. The molecule has 0 radical (unpaired) electrons. The lowest BCUT2D eigenvalue weighted by molar-refractivity contribution is -0.274. The molecule has 2 aromatic heterocycles. The van der Waals surface area contributed by atoms with E-state index in [0.29, 0.717) is 18.3 Å². The molecule has 11 heteroatoms. The van der Waals surface area contributed by atoms with E-state index in [0.717, 1.165) is 59.6 Å². The number of nitrogens with zero attached hydrogens (tertiary/aromatic N) is 3. The van der Waals surface area contributed by atoms with Gasteiger partial charge in [-0.2, -0.15) is 4.98 Å². The predicted octanol–water partition coefficient (Wildman–Crippen LogP) is 8.39. The van der Waals surface area contributed by atoms with E-state index in [4.69, 9.17) is 9.97 Å². The molecule has 1 aromatic carbocycles. The van der Waals surface area contributed by atoms with E-state index >= 15 is 0 Å². The Balaban J connectivity index is 0.00000116. The fourth-order valence-electron chi connectivity index (χ4n) is 4.97. The predicted molar refractivity (Wildman–Crippen MR) is 165 cm³/mol. The second-order valence-electron chi connectivity index (χ2n) is 9.83. The largest absolute Gasteiger partial charge is 0.573 e. The molecular weight excluding hydrogens is 563 g/mol. The van der Waals surface area contributed by atoms with Gasteiger partial charge in [0.2, 0.25) is 5.95 Å². The van der Waals surface area contributed by atoms with Gasteiger partial charge in [0.25, 0.3) is 0 Å². The van der Waals surface area contributed by atoms with Crippen LogP contribution in [-0.2, 0) is 13.0 Å². The van der Waals surface area contributed by atoms with Crippen LogP contribution in [0, 0.1) is 12.8 Å².